The van der Waals surface area contributed by atoms with Crippen LogP contribution in [-0.4, -0.2) is 17.6 Å². The van der Waals surface area contributed by atoms with Crippen LogP contribution in [-0.2, 0) is 4.79 Å². The molecule has 3 nitrogen and oxygen atoms in total. The van der Waals surface area contributed by atoms with Gasteiger partial charge in [-0.05, 0) is 30.5 Å². The zero-order valence-electron chi connectivity index (χ0n) is 11.9. The molecule has 0 saturated heterocycles. The van der Waals surface area contributed by atoms with Crippen LogP contribution in [0.4, 0.5) is 10.1 Å². The van der Waals surface area contributed by atoms with Gasteiger partial charge in [0.25, 0.3) is 0 Å². The van der Waals surface area contributed by atoms with Gasteiger partial charge in [-0.2, -0.15) is 0 Å². The molecule has 2 N–H and O–H groups in total. The summed E-state index contributed by atoms with van der Waals surface area (Å²) in [5.41, 5.74) is 0.697. The van der Waals surface area contributed by atoms with E-state index in [0.717, 1.165) is 6.42 Å². The maximum atomic E-state index is 13.7. The molecule has 0 atom stereocenters. The summed E-state index contributed by atoms with van der Waals surface area (Å²) < 4.78 is 13.7. The molecule has 0 saturated carbocycles. The lowest BCUT2D eigenvalue weighted by atomic mass is 10.1. The zero-order chi connectivity index (χ0) is 15.0. The van der Waals surface area contributed by atoms with Crippen LogP contribution in [0.1, 0.15) is 38.7 Å². The molecule has 1 rings (SSSR count). The largest absolute Gasteiger partial charge is 0.395 e. The summed E-state index contributed by atoms with van der Waals surface area (Å²) in [4.78, 5) is 11.6. The third-order valence-electron chi connectivity index (χ3n) is 2.66. The van der Waals surface area contributed by atoms with Crippen LogP contribution in [0.15, 0.2) is 18.2 Å². The van der Waals surface area contributed by atoms with Crippen molar-refractivity contribution in [1.82, 2.24) is 0 Å². The molecule has 0 bridgehead atoms. The number of nitrogens with one attached hydrogen (secondary N) is 1. The Bertz CT molecular complexity index is 515. The fraction of sp³-hybridized carbons (Fsp3) is 0.438. The number of halogens is 1. The maximum Gasteiger partial charge on any atom is 0.224 e. The van der Waals surface area contributed by atoms with E-state index in [9.17, 15) is 9.18 Å². The number of carbonyl (C=O) groups excluding carboxylic acids is 1. The first kappa shape index (κ1) is 16.2. The number of hydrogen-bond donors (Lipinski definition) is 2. The number of carbonyl (C=O) groups is 1. The summed E-state index contributed by atoms with van der Waals surface area (Å²) in [5.74, 6) is 5.17. The fourth-order valence-corrected chi connectivity index (χ4v) is 1.55. The highest BCUT2D eigenvalue weighted by atomic mass is 19.1. The molecule has 0 unspecified atom stereocenters. The Morgan fingerprint density at radius 2 is 2.20 bits per heavy atom. The van der Waals surface area contributed by atoms with Crippen molar-refractivity contribution in [2.45, 2.75) is 33.1 Å². The highest BCUT2D eigenvalue weighted by Gasteiger charge is 2.06. The Kier molecular flexibility index (Phi) is 6.75. The summed E-state index contributed by atoms with van der Waals surface area (Å²) in [5, 5.41) is 11.3. The minimum Gasteiger partial charge on any atom is -0.395 e. The van der Waals surface area contributed by atoms with E-state index in [-0.39, 0.29) is 18.1 Å². The lowest BCUT2D eigenvalue weighted by Crippen LogP contribution is -2.12. The third-order valence-corrected chi connectivity index (χ3v) is 2.66. The van der Waals surface area contributed by atoms with Gasteiger partial charge in [0.15, 0.2) is 0 Å². The molecule has 0 aromatic heterocycles. The van der Waals surface area contributed by atoms with E-state index in [1.54, 1.807) is 6.07 Å². The number of amides is 1. The van der Waals surface area contributed by atoms with Gasteiger partial charge in [0.1, 0.15) is 5.82 Å². The van der Waals surface area contributed by atoms with Crippen molar-refractivity contribution in [3.8, 4) is 11.8 Å². The van der Waals surface area contributed by atoms with Gasteiger partial charge in [-0.25, -0.2) is 4.39 Å². The highest BCUT2D eigenvalue weighted by Crippen LogP contribution is 2.15. The van der Waals surface area contributed by atoms with Crippen molar-refractivity contribution in [3.05, 3.63) is 29.6 Å². The summed E-state index contributed by atoms with van der Waals surface area (Å²) in [6.07, 6.45) is 1.55. The molecule has 0 fully saturated rings. The second-order valence-corrected chi connectivity index (χ2v) is 4.95. The van der Waals surface area contributed by atoms with Crippen LogP contribution in [0.25, 0.3) is 0 Å². The van der Waals surface area contributed by atoms with Crippen molar-refractivity contribution >= 4 is 11.6 Å². The summed E-state index contributed by atoms with van der Waals surface area (Å²) in [7, 11) is 0. The highest BCUT2D eigenvalue weighted by molar-refractivity contribution is 5.90. The lowest BCUT2D eigenvalue weighted by molar-refractivity contribution is -0.116. The average Bonchev–Trinajstić information content (AvgIpc) is 2.39. The molecule has 4 heteroatoms. The molecule has 0 radical (unpaired) electrons. The molecule has 108 valence electrons. The minimum absolute atomic E-state index is 0.0430. The molecule has 1 aromatic carbocycles. The van der Waals surface area contributed by atoms with E-state index in [4.69, 9.17) is 5.11 Å². The average molecular weight is 277 g/mol. The number of aliphatic hydroxyl groups excluding tert-OH is 1. The monoisotopic (exact) mass is 277 g/mol. The Labute approximate surface area is 119 Å². The van der Waals surface area contributed by atoms with E-state index >= 15 is 0 Å². The van der Waals surface area contributed by atoms with Crippen LogP contribution in [0.3, 0.4) is 0 Å². The van der Waals surface area contributed by atoms with Gasteiger partial charge in [-0.3, -0.25) is 4.79 Å². The molecule has 20 heavy (non-hydrogen) atoms. The number of hydrogen-bond acceptors (Lipinski definition) is 2. The second kappa shape index (κ2) is 8.34. The minimum atomic E-state index is -0.475. The number of anilines is 1. The normalized spacial score (nSPS) is 10.1. The predicted molar refractivity (Wildman–Crippen MR) is 77.7 cm³/mol. The Balaban J connectivity index is 2.64. The van der Waals surface area contributed by atoms with E-state index in [2.05, 4.69) is 17.2 Å². The van der Waals surface area contributed by atoms with Crippen molar-refractivity contribution in [2.24, 2.45) is 5.92 Å². The Morgan fingerprint density at radius 1 is 1.45 bits per heavy atom. The molecule has 0 heterocycles. The van der Waals surface area contributed by atoms with E-state index < -0.39 is 5.82 Å². The van der Waals surface area contributed by atoms with Gasteiger partial charge >= 0.3 is 0 Å². The predicted octanol–water partition coefficient (Wildman–Crippen LogP) is 2.93. The first-order chi connectivity index (χ1) is 9.52. The van der Waals surface area contributed by atoms with Gasteiger partial charge in [-0.15, -0.1) is 0 Å². The van der Waals surface area contributed by atoms with Crippen LogP contribution in [0.5, 0.6) is 0 Å². The van der Waals surface area contributed by atoms with E-state index in [1.165, 1.54) is 12.1 Å². The fourth-order valence-electron chi connectivity index (χ4n) is 1.55. The van der Waals surface area contributed by atoms with Gasteiger partial charge < -0.3 is 10.4 Å². The third kappa shape index (κ3) is 5.85. The van der Waals surface area contributed by atoms with Gasteiger partial charge in [0.05, 0.1) is 12.2 Å². The SMILES string of the molecule is CC(C)CCC(=O)Nc1ccc(C#CCCO)c(F)c1. The van der Waals surface area contributed by atoms with Gasteiger partial charge in [0.2, 0.25) is 5.91 Å². The second-order valence-electron chi connectivity index (χ2n) is 4.95. The molecule has 1 aromatic rings. The Hall–Kier alpha value is -1.86. The van der Waals surface area contributed by atoms with Crippen LogP contribution in [0.2, 0.25) is 0 Å². The van der Waals surface area contributed by atoms with Gasteiger partial charge in [0, 0.05) is 18.5 Å². The molecule has 0 aliphatic carbocycles. The summed E-state index contributed by atoms with van der Waals surface area (Å²) in [6, 6.07) is 4.41. The molecule has 0 aliphatic rings. The first-order valence-corrected chi connectivity index (χ1v) is 6.72. The molecule has 0 spiro atoms. The lowest BCUT2D eigenvalue weighted by Gasteiger charge is -2.07. The molecular weight excluding hydrogens is 257 g/mol. The molecular formula is C16H20FNO2. The first-order valence-electron chi connectivity index (χ1n) is 6.72. The molecule has 0 aliphatic heterocycles. The zero-order valence-corrected chi connectivity index (χ0v) is 11.9. The maximum absolute atomic E-state index is 13.7. The van der Waals surface area contributed by atoms with E-state index in [0.29, 0.717) is 24.4 Å². The smallest absolute Gasteiger partial charge is 0.224 e. The van der Waals surface area contributed by atoms with E-state index in [1.807, 2.05) is 13.8 Å². The number of aliphatic hydroxyl groups is 1. The van der Waals surface area contributed by atoms with Crippen LogP contribution in [0, 0.1) is 23.6 Å². The topological polar surface area (TPSA) is 49.3 Å². The summed E-state index contributed by atoms with van der Waals surface area (Å²) in [6.45, 7) is 4.05. The quantitative estimate of drug-likeness (QED) is 0.813. The summed E-state index contributed by atoms with van der Waals surface area (Å²) >= 11 is 0. The number of rotatable bonds is 5. The van der Waals surface area contributed by atoms with Crippen molar-refractivity contribution < 1.29 is 14.3 Å². The van der Waals surface area contributed by atoms with Crippen LogP contribution < -0.4 is 5.32 Å². The van der Waals surface area contributed by atoms with Crippen molar-refractivity contribution in [1.29, 1.82) is 0 Å². The standard InChI is InChI=1S/C16H20FNO2/c1-12(2)6-9-16(20)18-14-8-7-13(15(17)11-14)5-3-4-10-19/h7-8,11-12,19H,4,6,9-10H2,1-2H3,(H,18,20). The van der Waals surface area contributed by atoms with Crippen molar-refractivity contribution in [2.75, 3.05) is 11.9 Å². The number of benzene rings is 1. The van der Waals surface area contributed by atoms with Gasteiger partial charge in [-0.1, -0.05) is 25.7 Å². The molecule has 1 amide bonds. The Morgan fingerprint density at radius 3 is 2.80 bits per heavy atom. The van der Waals surface area contributed by atoms with Crippen molar-refractivity contribution in [3.63, 3.8) is 0 Å². The van der Waals surface area contributed by atoms with Crippen LogP contribution >= 0.6 is 0 Å².